The molecule has 110 valence electrons. The van der Waals surface area contributed by atoms with Crippen LogP contribution in [0, 0.1) is 6.92 Å². The van der Waals surface area contributed by atoms with Crippen molar-refractivity contribution in [3.63, 3.8) is 0 Å². The zero-order chi connectivity index (χ0) is 14.5. The molecule has 1 aromatic carbocycles. The number of carbonyl (C=O) groups is 1. The van der Waals surface area contributed by atoms with E-state index in [-0.39, 0.29) is 5.91 Å². The summed E-state index contributed by atoms with van der Waals surface area (Å²) in [5.41, 5.74) is 1.81. The van der Waals surface area contributed by atoms with E-state index in [1.54, 1.807) is 0 Å². The maximum absolute atomic E-state index is 12.7. The van der Waals surface area contributed by atoms with Crippen LogP contribution in [0.25, 0.3) is 0 Å². The fourth-order valence-electron chi connectivity index (χ4n) is 2.53. The minimum atomic E-state index is 0.136. The van der Waals surface area contributed by atoms with Gasteiger partial charge in [-0.1, -0.05) is 22.0 Å². The van der Waals surface area contributed by atoms with Crippen LogP contribution < -0.4 is 0 Å². The SMILES string of the molecule is Cc1c(Br)cccc1C(=O)N1CCCN(CCCl)CC1. The molecule has 0 spiro atoms. The number of nitrogens with zero attached hydrogens (tertiary/aromatic N) is 2. The topological polar surface area (TPSA) is 23.6 Å². The highest BCUT2D eigenvalue weighted by Crippen LogP contribution is 2.21. The van der Waals surface area contributed by atoms with Gasteiger partial charge in [-0.3, -0.25) is 4.79 Å². The molecule has 5 heteroatoms. The molecule has 0 bridgehead atoms. The second kappa shape index (κ2) is 7.43. The second-order valence-corrected chi connectivity index (χ2v) is 6.32. The second-order valence-electron chi connectivity index (χ2n) is 5.09. The van der Waals surface area contributed by atoms with Gasteiger partial charge in [0.25, 0.3) is 5.91 Å². The molecule has 2 rings (SSSR count). The van der Waals surface area contributed by atoms with Crippen LogP contribution in [-0.4, -0.2) is 54.3 Å². The lowest BCUT2D eigenvalue weighted by molar-refractivity contribution is 0.0761. The predicted octanol–water partition coefficient (Wildman–Crippen LogP) is 3.14. The van der Waals surface area contributed by atoms with Crippen molar-refractivity contribution >= 4 is 33.4 Å². The van der Waals surface area contributed by atoms with Crippen LogP contribution in [0.1, 0.15) is 22.3 Å². The molecule has 0 atom stereocenters. The summed E-state index contributed by atoms with van der Waals surface area (Å²) in [7, 11) is 0. The van der Waals surface area contributed by atoms with Crippen LogP contribution in [0.15, 0.2) is 22.7 Å². The molecular formula is C15H20BrClN2O. The number of hydrogen-bond acceptors (Lipinski definition) is 2. The third-order valence-electron chi connectivity index (χ3n) is 3.77. The summed E-state index contributed by atoms with van der Waals surface area (Å²) in [4.78, 5) is 16.9. The summed E-state index contributed by atoms with van der Waals surface area (Å²) >= 11 is 9.28. The lowest BCUT2D eigenvalue weighted by Crippen LogP contribution is -2.36. The zero-order valence-corrected chi connectivity index (χ0v) is 14.1. The predicted molar refractivity (Wildman–Crippen MR) is 86.6 cm³/mol. The molecule has 20 heavy (non-hydrogen) atoms. The van der Waals surface area contributed by atoms with Crippen molar-refractivity contribution in [1.82, 2.24) is 9.80 Å². The van der Waals surface area contributed by atoms with Crippen molar-refractivity contribution in [3.05, 3.63) is 33.8 Å². The van der Waals surface area contributed by atoms with E-state index in [0.29, 0.717) is 5.88 Å². The van der Waals surface area contributed by atoms with Crippen LogP contribution in [-0.2, 0) is 0 Å². The summed E-state index contributed by atoms with van der Waals surface area (Å²) < 4.78 is 0.988. The molecule has 3 nitrogen and oxygen atoms in total. The van der Waals surface area contributed by atoms with E-state index in [4.69, 9.17) is 11.6 Å². The van der Waals surface area contributed by atoms with Crippen LogP contribution >= 0.6 is 27.5 Å². The molecular weight excluding hydrogens is 340 g/mol. The standard InChI is InChI=1S/C15H20BrClN2O/c1-12-13(4-2-5-14(12)16)15(20)19-8-3-7-18(9-6-17)10-11-19/h2,4-5H,3,6-11H2,1H3. The van der Waals surface area contributed by atoms with Crippen LogP contribution in [0.2, 0.25) is 0 Å². The van der Waals surface area contributed by atoms with Crippen molar-refractivity contribution in [2.24, 2.45) is 0 Å². The number of alkyl halides is 1. The quantitative estimate of drug-likeness (QED) is 0.774. The zero-order valence-electron chi connectivity index (χ0n) is 11.7. The van der Waals surface area contributed by atoms with E-state index in [0.717, 1.165) is 54.7 Å². The summed E-state index contributed by atoms with van der Waals surface area (Å²) in [5, 5.41) is 0. The first kappa shape index (κ1) is 15.8. The van der Waals surface area contributed by atoms with Crippen LogP contribution in [0.5, 0.6) is 0 Å². The third-order valence-corrected chi connectivity index (χ3v) is 4.80. The Balaban J connectivity index is 2.07. The Morgan fingerprint density at radius 2 is 2.10 bits per heavy atom. The number of hydrogen-bond donors (Lipinski definition) is 0. The van der Waals surface area contributed by atoms with Crippen LogP contribution in [0.4, 0.5) is 0 Å². The van der Waals surface area contributed by atoms with Gasteiger partial charge in [-0.15, -0.1) is 11.6 Å². The molecule has 1 amide bonds. The Morgan fingerprint density at radius 3 is 2.85 bits per heavy atom. The van der Waals surface area contributed by atoms with Gasteiger partial charge in [0.2, 0.25) is 0 Å². The number of rotatable bonds is 3. The molecule has 1 aromatic rings. The Kier molecular flexibility index (Phi) is 5.87. The molecule has 0 N–H and O–H groups in total. The van der Waals surface area contributed by atoms with Gasteiger partial charge in [0, 0.05) is 42.1 Å². The molecule has 1 aliphatic heterocycles. The van der Waals surface area contributed by atoms with Crippen molar-refractivity contribution in [1.29, 1.82) is 0 Å². The maximum Gasteiger partial charge on any atom is 0.254 e. The van der Waals surface area contributed by atoms with Gasteiger partial charge in [-0.2, -0.15) is 0 Å². The minimum absolute atomic E-state index is 0.136. The van der Waals surface area contributed by atoms with Crippen molar-refractivity contribution in [2.75, 3.05) is 38.6 Å². The van der Waals surface area contributed by atoms with E-state index in [2.05, 4.69) is 20.8 Å². The molecule has 0 saturated carbocycles. The van der Waals surface area contributed by atoms with E-state index in [9.17, 15) is 4.79 Å². The Bertz CT molecular complexity index is 481. The summed E-state index contributed by atoms with van der Waals surface area (Å²) in [6.45, 7) is 6.42. The van der Waals surface area contributed by atoms with Crippen molar-refractivity contribution in [2.45, 2.75) is 13.3 Å². The molecule has 0 aromatic heterocycles. The summed E-state index contributed by atoms with van der Waals surface area (Å²) in [6.07, 6.45) is 1.01. The van der Waals surface area contributed by atoms with Crippen molar-refractivity contribution < 1.29 is 4.79 Å². The fraction of sp³-hybridized carbons (Fsp3) is 0.533. The first-order chi connectivity index (χ1) is 9.63. The lowest BCUT2D eigenvalue weighted by Gasteiger charge is -2.22. The maximum atomic E-state index is 12.7. The first-order valence-electron chi connectivity index (χ1n) is 6.96. The molecule has 1 heterocycles. The molecule has 1 saturated heterocycles. The van der Waals surface area contributed by atoms with Gasteiger partial charge >= 0.3 is 0 Å². The Hall–Kier alpha value is -0.580. The normalized spacial score (nSPS) is 17.1. The van der Waals surface area contributed by atoms with E-state index in [1.165, 1.54) is 0 Å². The van der Waals surface area contributed by atoms with E-state index in [1.807, 2.05) is 30.0 Å². The number of amides is 1. The number of carbonyl (C=O) groups excluding carboxylic acids is 1. The highest BCUT2D eigenvalue weighted by molar-refractivity contribution is 9.10. The number of halogens is 2. The highest BCUT2D eigenvalue weighted by atomic mass is 79.9. The fourth-order valence-corrected chi connectivity index (χ4v) is 3.13. The van der Waals surface area contributed by atoms with Crippen LogP contribution in [0.3, 0.4) is 0 Å². The smallest absolute Gasteiger partial charge is 0.254 e. The van der Waals surface area contributed by atoms with Gasteiger partial charge in [0.05, 0.1) is 0 Å². The minimum Gasteiger partial charge on any atom is -0.337 e. The third kappa shape index (κ3) is 3.74. The highest BCUT2D eigenvalue weighted by Gasteiger charge is 2.21. The summed E-state index contributed by atoms with van der Waals surface area (Å²) in [6, 6.07) is 5.79. The Morgan fingerprint density at radius 1 is 1.30 bits per heavy atom. The van der Waals surface area contributed by atoms with Crippen molar-refractivity contribution in [3.8, 4) is 0 Å². The Labute approximate surface area is 134 Å². The summed E-state index contributed by atoms with van der Waals surface area (Å²) in [5.74, 6) is 0.787. The monoisotopic (exact) mass is 358 g/mol. The average molecular weight is 360 g/mol. The molecule has 0 aliphatic carbocycles. The molecule has 0 radical (unpaired) electrons. The number of benzene rings is 1. The molecule has 0 unspecified atom stereocenters. The first-order valence-corrected chi connectivity index (χ1v) is 8.29. The van der Waals surface area contributed by atoms with Gasteiger partial charge in [0.15, 0.2) is 0 Å². The lowest BCUT2D eigenvalue weighted by atomic mass is 10.1. The van der Waals surface area contributed by atoms with Gasteiger partial charge in [0.1, 0.15) is 0 Å². The van der Waals surface area contributed by atoms with E-state index < -0.39 is 0 Å². The van der Waals surface area contributed by atoms with Gasteiger partial charge < -0.3 is 9.80 Å². The molecule has 1 fully saturated rings. The average Bonchev–Trinajstić information content (AvgIpc) is 2.67. The largest absolute Gasteiger partial charge is 0.337 e. The van der Waals surface area contributed by atoms with Gasteiger partial charge in [-0.05, 0) is 37.6 Å². The van der Waals surface area contributed by atoms with Gasteiger partial charge in [-0.25, -0.2) is 0 Å². The molecule has 1 aliphatic rings. The van der Waals surface area contributed by atoms with E-state index >= 15 is 0 Å².